The highest BCUT2D eigenvalue weighted by atomic mass is 35.5. The second-order valence-corrected chi connectivity index (χ2v) is 9.05. The van der Waals surface area contributed by atoms with Crippen LogP contribution in [-0.4, -0.2) is 28.6 Å². The molecule has 1 atom stereocenters. The number of benzene rings is 3. The molecule has 9 heteroatoms. The average Bonchev–Trinajstić information content (AvgIpc) is 3.41. The van der Waals surface area contributed by atoms with Crippen LogP contribution in [-0.2, 0) is 34.0 Å². The SMILES string of the molecule is COC(=O)C(Cc1ccc(OCc2cnn(-c3ccc(Cl)cc3)c2)cc1)C(C)=NOCc1ccc(F)cc1. The van der Waals surface area contributed by atoms with Crippen LogP contribution < -0.4 is 4.74 Å². The summed E-state index contributed by atoms with van der Waals surface area (Å²) in [5.41, 5.74) is 3.99. The minimum atomic E-state index is -0.612. The topological polar surface area (TPSA) is 74.9 Å². The minimum Gasteiger partial charge on any atom is -0.489 e. The van der Waals surface area contributed by atoms with Crippen LogP contribution >= 0.6 is 11.6 Å². The monoisotopic (exact) mass is 535 g/mol. The zero-order chi connectivity index (χ0) is 26.9. The van der Waals surface area contributed by atoms with E-state index in [0.29, 0.717) is 29.5 Å². The first-order chi connectivity index (χ1) is 18.4. The number of halogens is 2. The van der Waals surface area contributed by atoms with Crippen molar-refractivity contribution in [2.45, 2.75) is 26.6 Å². The molecule has 0 aliphatic heterocycles. The number of aromatic nitrogens is 2. The quantitative estimate of drug-likeness (QED) is 0.130. The maximum atomic E-state index is 13.1. The molecule has 0 amide bonds. The standard InChI is InChI=1S/C29H27ClFN3O4/c1-20(33-38-19-22-3-9-25(31)10-4-22)28(29(35)36-2)15-21-5-13-27(14-6-21)37-18-23-16-32-34(17-23)26-11-7-24(30)8-12-26/h3-14,16-17,28H,15,18-19H2,1-2H3. The van der Waals surface area contributed by atoms with Crippen LogP contribution in [0.1, 0.15) is 23.6 Å². The lowest BCUT2D eigenvalue weighted by Crippen LogP contribution is -2.26. The predicted octanol–water partition coefficient (Wildman–Crippen LogP) is 6.17. The number of carbonyl (C=O) groups excluding carboxylic acids is 1. The van der Waals surface area contributed by atoms with E-state index in [-0.39, 0.29) is 12.4 Å². The second-order valence-electron chi connectivity index (χ2n) is 8.61. The number of nitrogens with zero attached hydrogens (tertiary/aromatic N) is 3. The van der Waals surface area contributed by atoms with Crippen molar-refractivity contribution in [1.29, 1.82) is 0 Å². The van der Waals surface area contributed by atoms with E-state index in [4.69, 9.17) is 25.9 Å². The molecular formula is C29H27ClFN3O4. The van der Waals surface area contributed by atoms with Crippen molar-refractivity contribution in [2.24, 2.45) is 11.1 Å². The Morgan fingerprint density at radius 3 is 2.34 bits per heavy atom. The molecule has 0 aliphatic rings. The molecule has 3 aromatic carbocycles. The van der Waals surface area contributed by atoms with E-state index >= 15 is 0 Å². The number of ether oxygens (including phenoxy) is 2. The average molecular weight is 536 g/mol. The smallest absolute Gasteiger partial charge is 0.314 e. The molecule has 7 nitrogen and oxygen atoms in total. The number of rotatable bonds is 11. The van der Waals surface area contributed by atoms with Gasteiger partial charge >= 0.3 is 5.97 Å². The Bertz CT molecular complexity index is 1370. The van der Waals surface area contributed by atoms with Crippen LogP contribution in [0.15, 0.2) is 90.3 Å². The highest BCUT2D eigenvalue weighted by Gasteiger charge is 2.24. The van der Waals surface area contributed by atoms with Crippen molar-refractivity contribution in [3.05, 3.63) is 113 Å². The van der Waals surface area contributed by atoms with E-state index in [9.17, 15) is 9.18 Å². The van der Waals surface area contributed by atoms with Crippen molar-refractivity contribution in [2.75, 3.05) is 7.11 Å². The van der Waals surface area contributed by atoms with E-state index in [1.807, 2.05) is 54.7 Å². The highest BCUT2D eigenvalue weighted by molar-refractivity contribution is 6.30. The number of methoxy groups -OCH3 is 1. The molecule has 0 fully saturated rings. The fourth-order valence-electron chi connectivity index (χ4n) is 3.69. The van der Waals surface area contributed by atoms with Gasteiger partial charge in [0.15, 0.2) is 0 Å². The first kappa shape index (κ1) is 26.9. The lowest BCUT2D eigenvalue weighted by molar-refractivity contribution is -0.143. The summed E-state index contributed by atoms with van der Waals surface area (Å²) in [6.45, 7) is 2.24. The molecule has 1 aromatic heterocycles. The second kappa shape index (κ2) is 12.9. The third kappa shape index (κ3) is 7.43. The summed E-state index contributed by atoms with van der Waals surface area (Å²) in [7, 11) is 1.34. The molecule has 0 saturated carbocycles. The fourth-order valence-corrected chi connectivity index (χ4v) is 3.82. The first-order valence-corrected chi connectivity index (χ1v) is 12.3. The van der Waals surface area contributed by atoms with Crippen molar-refractivity contribution in [3.63, 3.8) is 0 Å². The molecule has 0 bridgehead atoms. The number of carbonyl (C=O) groups is 1. The molecule has 0 saturated heterocycles. The van der Waals surface area contributed by atoms with E-state index in [1.165, 1.54) is 19.2 Å². The number of hydrogen-bond acceptors (Lipinski definition) is 6. The summed E-state index contributed by atoms with van der Waals surface area (Å²) in [5.74, 6) is -0.648. The summed E-state index contributed by atoms with van der Waals surface area (Å²) >= 11 is 5.95. The summed E-state index contributed by atoms with van der Waals surface area (Å²) in [5, 5.41) is 9.14. The zero-order valence-electron chi connectivity index (χ0n) is 21.0. The van der Waals surface area contributed by atoms with Gasteiger partial charge in [-0.1, -0.05) is 41.0 Å². The summed E-state index contributed by atoms with van der Waals surface area (Å²) in [6, 6.07) is 20.9. The third-order valence-corrected chi connectivity index (χ3v) is 6.09. The Hall–Kier alpha value is -4.17. The molecule has 0 N–H and O–H groups in total. The molecule has 1 unspecified atom stereocenters. The molecular weight excluding hydrogens is 509 g/mol. The van der Waals surface area contributed by atoms with Crippen LogP contribution in [0.3, 0.4) is 0 Å². The molecule has 0 aliphatic carbocycles. The normalized spacial score (nSPS) is 12.2. The lowest BCUT2D eigenvalue weighted by Gasteiger charge is -2.15. The van der Waals surface area contributed by atoms with E-state index in [2.05, 4.69) is 10.3 Å². The number of hydrogen-bond donors (Lipinski definition) is 0. The minimum absolute atomic E-state index is 0.163. The zero-order valence-corrected chi connectivity index (χ0v) is 21.8. The summed E-state index contributed by atoms with van der Waals surface area (Å²) in [6.07, 6.45) is 4.04. The van der Waals surface area contributed by atoms with Crippen molar-refractivity contribution in [1.82, 2.24) is 9.78 Å². The molecule has 1 heterocycles. The van der Waals surface area contributed by atoms with E-state index in [1.54, 1.807) is 29.9 Å². The maximum absolute atomic E-state index is 13.1. The molecule has 0 radical (unpaired) electrons. The predicted molar refractivity (Wildman–Crippen MR) is 143 cm³/mol. The molecule has 4 rings (SSSR count). The van der Waals surface area contributed by atoms with Gasteiger partial charge in [-0.2, -0.15) is 5.10 Å². The van der Waals surface area contributed by atoms with Gasteiger partial charge in [-0.15, -0.1) is 0 Å². The van der Waals surface area contributed by atoms with Crippen molar-refractivity contribution in [3.8, 4) is 11.4 Å². The van der Waals surface area contributed by atoms with E-state index < -0.39 is 11.9 Å². The largest absolute Gasteiger partial charge is 0.489 e. The summed E-state index contributed by atoms with van der Waals surface area (Å²) < 4.78 is 25.7. The van der Waals surface area contributed by atoms with Gasteiger partial charge in [0.1, 0.15) is 30.7 Å². The van der Waals surface area contributed by atoms with Crippen LogP contribution in [0.25, 0.3) is 5.69 Å². The molecule has 0 spiro atoms. The Kier molecular flexibility index (Phi) is 9.11. The van der Waals surface area contributed by atoms with Crippen molar-refractivity contribution < 1.29 is 23.5 Å². The van der Waals surface area contributed by atoms with Gasteiger partial charge in [-0.3, -0.25) is 4.79 Å². The summed E-state index contributed by atoms with van der Waals surface area (Å²) in [4.78, 5) is 17.8. The van der Waals surface area contributed by atoms with Crippen LogP contribution in [0.2, 0.25) is 5.02 Å². The van der Waals surface area contributed by atoms with Crippen LogP contribution in [0.5, 0.6) is 5.75 Å². The van der Waals surface area contributed by atoms with Gasteiger partial charge in [0.2, 0.25) is 0 Å². The van der Waals surface area contributed by atoms with Crippen molar-refractivity contribution >= 4 is 23.3 Å². The number of esters is 1. The van der Waals surface area contributed by atoms with Gasteiger partial charge in [-0.05, 0) is 73.0 Å². The maximum Gasteiger partial charge on any atom is 0.314 e. The van der Waals surface area contributed by atoms with Gasteiger partial charge in [-0.25, -0.2) is 9.07 Å². The first-order valence-electron chi connectivity index (χ1n) is 11.9. The Balaban J connectivity index is 1.33. The van der Waals surface area contributed by atoms with Gasteiger partial charge in [0, 0.05) is 16.8 Å². The Morgan fingerprint density at radius 1 is 0.974 bits per heavy atom. The number of oxime groups is 1. The Labute approximate surface area is 225 Å². The molecule has 38 heavy (non-hydrogen) atoms. The molecule has 4 aromatic rings. The van der Waals surface area contributed by atoms with E-state index in [0.717, 1.165) is 22.4 Å². The third-order valence-electron chi connectivity index (χ3n) is 5.84. The van der Waals surface area contributed by atoms with Gasteiger partial charge in [0.25, 0.3) is 0 Å². The Morgan fingerprint density at radius 2 is 1.66 bits per heavy atom. The van der Waals surface area contributed by atoms with Gasteiger partial charge < -0.3 is 14.3 Å². The highest BCUT2D eigenvalue weighted by Crippen LogP contribution is 2.19. The fraction of sp³-hybridized carbons (Fsp3) is 0.207. The van der Waals surface area contributed by atoms with Crippen LogP contribution in [0.4, 0.5) is 4.39 Å². The molecule has 196 valence electrons. The lowest BCUT2D eigenvalue weighted by atomic mass is 9.95. The van der Waals surface area contributed by atoms with Gasteiger partial charge in [0.05, 0.1) is 24.7 Å². The van der Waals surface area contributed by atoms with Crippen LogP contribution in [0, 0.1) is 11.7 Å².